The van der Waals surface area contributed by atoms with Crippen molar-refractivity contribution >= 4 is 39.8 Å². The number of anilines is 1. The number of hydrogen-bond acceptors (Lipinski definition) is 4. The number of fused-ring (bicyclic) bond motifs is 1. The highest BCUT2D eigenvalue weighted by molar-refractivity contribution is 7.13. The molecule has 3 nitrogen and oxygen atoms in total. The van der Waals surface area contributed by atoms with Crippen LogP contribution in [0.4, 0.5) is 5.82 Å². The highest BCUT2D eigenvalue weighted by Crippen LogP contribution is 2.28. The molecular formula is C13H18ClN3S. The molecule has 1 aromatic heterocycles. The number of benzene rings is 1. The fourth-order valence-corrected chi connectivity index (χ4v) is 3.30. The SMILES string of the molecule is CN(CC1CCCN1)c1nsc2ccccc12.Cl. The first-order valence-corrected chi connectivity index (χ1v) is 6.91. The Morgan fingerprint density at radius 3 is 3.06 bits per heavy atom. The molecule has 1 atom stereocenters. The zero-order chi connectivity index (χ0) is 11.7. The molecular weight excluding hydrogens is 266 g/mol. The number of hydrogen-bond donors (Lipinski definition) is 1. The number of likely N-dealkylation sites (N-methyl/N-ethyl adjacent to an activating group) is 1. The maximum absolute atomic E-state index is 4.58. The van der Waals surface area contributed by atoms with E-state index in [1.807, 2.05) is 0 Å². The molecule has 1 aliphatic heterocycles. The van der Waals surface area contributed by atoms with E-state index in [4.69, 9.17) is 0 Å². The smallest absolute Gasteiger partial charge is 0.149 e. The fourth-order valence-electron chi connectivity index (χ4n) is 2.48. The van der Waals surface area contributed by atoms with Gasteiger partial charge in [-0.2, -0.15) is 4.37 Å². The minimum atomic E-state index is 0. The van der Waals surface area contributed by atoms with E-state index in [-0.39, 0.29) is 12.4 Å². The van der Waals surface area contributed by atoms with Gasteiger partial charge >= 0.3 is 0 Å². The van der Waals surface area contributed by atoms with Gasteiger partial charge in [0.2, 0.25) is 0 Å². The minimum absolute atomic E-state index is 0. The molecule has 3 rings (SSSR count). The molecule has 2 heterocycles. The molecule has 0 radical (unpaired) electrons. The first-order valence-electron chi connectivity index (χ1n) is 6.13. The van der Waals surface area contributed by atoms with Crippen LogP contribution in [0.3, 0.4) is 0 Å². The lowest BCUT2D eigenvalue weighted by atomic mass is 10.2. The third kappa shape index (κ3) is 2.60. The van der Waals surface area contributed by atoms with E-state index in [1.54, 1.807) is 11.5 Å². The molecule has 0 spiro atoms. The van der Waals surface area contributed by atoms with Crippen molar-refractivity contribution < 1.29 is 0 Å². The van der Waals surface area contributed by atoms with E-state index < -0.39 is 0 Å². The van der Waals surface area contributed by atoms with Crippen LogP contribution >= 0.6 is 23.9 Å². The zero-order valence-electron chi connectivity index (χ0n) is 10.4. The monoisotopic (exact) mass is 283 g/mol. The van der Waals surface area contributed by atoms with Crippen molar-refractivity contribution in [3.63, 3.8) is 0 Å². The lowest BCUT2D eigenvalue weighted by Gasteiger charge is -2.21. The highest BCUT2D eigenvalue weighted by atomic mass is 35.5. The zero-order valence-corrected chi connectivity index (χ0v) is 12.1. The summed E-state index contributed by atoms with van der Waals surface area (Å²) < 4.78 is 5.85. The molecule has 2 aromatic rings. The van der Waals surface area contributed by atoms with Gasteiger partial charge in [-0.15, -0.1) is 12.4 Å². The topological polar surface area (TPSA) is 28.2 Å². The summed E-state index contributed by atoms with van der Waals surface area (Å²) in [6.45, 7) is 2.21. The third-order valence-electron chi connectivity index (χ3n) is 3.38. The summed E-state index contributed by atoms with van der Waals surface area (Å²) in [7, 11) is 2.14. The molecule has 98 valence electrons. The second kappa shape index (κ2) is 5.87. The predicted octanol–water partition coefficient (Wildman–Crippen LogP) is 2.91. The van der Waals surface area contributed by atoms with Crippen LogP contribution in [-0.2, 0) is 0 Å². The van der Waals surface area contributed by atoms with Crippen molar-refractivity contribution in [2.45, 2.75) is 18.9 Å². The molecule has 1 unspecified atom stereocenters. The third-order valence-corrected chi connectivity index (χ3v) is 4.19. The maximum Gasteiger partial charge on any atom is 0.149 e. The van der Waals surface area contributed by atoms with E-state index in [2.05, 4.69) is 45.9 Å². The summed E-state index contributed by atoms with van der Waals surface area (Å²) in [4.78, 5) is 2.28. The summed E-state index contributed by atoms with van der Waals surface area (Å²) in [6, 6.07) is 9.08. The first-order chi connectivity index (χ1) is 8.34. The molecule has 0 aliphatic carbocycles. The highest BCUT2D eigenvalue weighted by Gasteiger charge is 2.18. The molecule has 5 heteroatoms. The lowest BCUT2D eigenvalue weighted by molar-refractivity contribution is 0.599. The van der Waals surface area contributed by atoms with Gasteiger partial charge in [-0.05, 0) is 43.1 Å². The Morgan fingerprint density at radius 1 is 1.44 bits per heavy atom. The van der Waals surface area contributed by atoms with Crippen molar-refractivity contribution in [1.82, 2.24) is 9.69 Å². The molecule has 0 amide bonds. The Labute approximate surface area is 118 Å². The summed E-state index contributed by atoms with van der Waals surface area (Å²) in [5, 5.41) is 4.81. The van der Waals surface area contributed by atoms with E-state index >= 15 is 0 Å². The van der Waals surface area contributed by atoms with Gasteiger partial charge in [0.1, 0.15) is 5.82 Å². The Kier molecular flexibility index (Phi) is 4.43. The number of rotatable bonds is 3. The molecule has 18 heavy (non-hydrogen) atoms. The molecule has 1 N–H and O–H groups in total. The summed E-state index contributed by atoms with van der Waals surface area (Å²) in [5.74, 6) is 1.12. The molecule has 0 saturated carbocycles. The fraction of sp³-hybridized carbons (Fsp3) is 0.462. The largest absolute Gasteiger partial charge is 0.357 e. The predicted molar refractivity (Wildman–Crippen MR) is 81.2 cm³/mol. The Hall–Kier alpha value is -0.840. The summed E-state index contributed by atoms with van der Waals surface area (Å²) >= 11 is 1.59. The van der Waals surface area contributed by atoms with Crippen molar-refractivity contribution in [1.29, 1.82) is 0 Å². The number of aromatic nitrogens is 1. The van der Waals surface area contributed by atoms with E-state index in [0.717, 1.165) is 18.9 Å². The average molecular weight is 284 g/mol. The van der Waals surface area contributed by atoms with E-state index in [1.165, 1.54) is 22.9 Å². The standard InChI is InChI=1S/C13H17N3S.ClH/c1-16(9-10-5-4-8-14-10)13-11-6-2-3-7-12(11)17-15-13;/h2-3,6-7,10,14H,4-5,8-9H2,1H3;1H. The normalized spacial score (nSPS) is 18.8. The van der Waals surface area contributed by atoms with Crippen LogP contribution < -0.4 is 10.2 Å². The average Bonchev–Trinajstić information content (AvgIpc) is 2.96. The van der Waals surface area contributed by atoms with Gasteiger partial charge < -0.3 is 10.2 Å². The molecule has 1 saturated heterocycles. The van der Waals surface area contributed by atoms with Crippen LogP contribution in [0.5, 0.6) is 0 Å². The van der Waals surface area contributed by atoms with Gasteiger partial charge in [-0.25, -0.2) is 0 Å². The van der Waals surface area contributed by atoms with Crippen LogP contribution in [0.25, 0.3) is 10.1 Å². The van der Waals surface area contributed by atoms with E-state index in [0.29, 0.717) is 6.04 Å². The van der Waals surface area contributed by atoms with Crippen molar-refractivity contribution in [2.24, 2.45) is 0 Å². The Morgan fingerprint density at radius 2 is 2.28 bits per heavy atom. The quantitative estimate of drug-likeness (QED) is 0.939. The Bertz CT molecular complexity index is 508. The van der Waals surface area contributed by atoms with Crippen molar-refractivity contribution in [2.75, 3.05) is 25.0 Å². The molecule has 1 aliphatic rings. The maximum atomic E-state index is 4.58. The van der Waals surface area contributed by atoms with Crippen LogP contribution in [0.2, 0.25) is 0 Å². The van der Waals surface area contributed by atoms with E-state index in [9.17, 15) is 0 Å². The van der Waals surface area contributed by atoms with Gasteiger partial charge in [0.15, 0.2) is 0 Å². The minimum Gasteiger partial charge on any atom is -0.357 e. The van der Waals surface area contributed by atoms with Crippen LogP contribution in [-0.4, -0.2) is 30.6 Å². The molecule has 1 fully saturated rings. The van der Waals surface area contributed by atoms with Gasteiger partial charge in [0.25, 0.3) is 0 Å². The lowest BCUT2D eigenvalue weighted by Crippen LogP contribution is -2.35. The van der Waals surface area contributed by atoms with Crippen molar-refractivity contribution in [3.05, 3.63) is 24.3 Å². The van der Waals surface area contributed by atoms with Gasteiger partial charge in [-0.3, -0.25) is 0 Å². The van der Waals surface area contributed by atoms with Crippen molar-refractivity contribution in [3.8, 4) is 0 Å². The number of nitrogens with zero attached hydrogens (tertiary/aromatic N) is 2. The van der Waals surface area contributed by atoms with Gasteiger partial charge in [0.05, 0.1) is 4.70 Å². The van der Waals surface area contributed by atoms with Crippen LogP contribution in [0.15, 0.2) is 24.3 Å². The van der Waals surface area contributed by atoms with Crippen LogP contribution in [0.1, 0.15) is 12.8 Å². The number of nitrogens with one attached hydrogen (secondary N) is 1. The van der Waals surface area contributed by atoms with Gasteiger partial charge in [-0.1, -0.05) is 12.1 Å². The first kappa shape index (κ1) is 13.6. The molecule has 0 bridgehead atoms. The Balaban J connectivity index is 0.00000120. The summed E-state index contributed by atoms with van der Waals surface area (Å²) in [5.41, 5.74) is 0. The second-order valence-electron chi connectivity index (χ2n) is 4.68. The van der Waals surface area contributed by atoms with Gasteiger partial charge in [0, 0.05) is 25.0 Å². The number of halogens is 1. The second-order valence-corrected chi connectivity index (χ2v) is 5.48. The summed E-state index contributed by atoms with van der Waals surface area (Å²) in [6.07, 6.45) is 2.59. The van der Waals surface area contributed by atoms with Crippen LogP contribution in [0, 0.1) is 0 Å². The molecule has 1 aromatic carbocycles.